The number of carbonyl (C=O) groups is 1. The summed E-state index contributed by atoms with van der Waals surface area (Å²) in [6.07, 6.45) is -0.574. The standard InChI is InChI=1S/C12H18N2O2/c1-9(8-13)14-12(15)11(16-2)10-6-4-3-5-7-10/h3-7,9,11H,8,13H2,1-2H3,(H,14,15)/t9-,11?/m0/s1. The van der Waals surface area contributed by atoms with Crippen LogP contribution in [0.25, 0.3) is 0 Å². The minimum absolute atomic E-state index is 0.0473. The summed E-state index contributed by atoms with van der Waals surface area (Å²) in [6, 6.07) is 9.33. The molecule has 1 amide bonds. The fraction of sp³-hybridized carbons (Fsp3) is 0.417. The van der Waals surface area contributed by atoms with Crippen LogP contribution in [0.1, 0.15) is 18.6 Å². The van der Waals surface area contributed by atoms with Gasteiger partial charge in [0.25, 0.3) is 5.91 Å². The van der Waals surface area contributed by atoms with Crippen molar-refractivity contribution in [3.63, 3.8) is 0 Å². The van der Waals surface area contributed by atoms with Crippen molar-refractivity contribution in [3.05, 3.63) is 35.9 Å². The predicted octanol–water partition coefficient (Wildman–Crippen LogP) is 0.838. The van der Waals surface area contributed by atoms with E-state index in [1.54, 1.807) is 0 Å². The average Bonchev–Trinajstić information content (AvgIpc) is 2.31. The highest BCUT2D eigenvalue weighted by molar-refractivity contribution is 5.82. The maximum atomic E-state index is 11.9. The number of carbonyl (C=O) groups excluding carboxylic acids is 1. The van der Waals surface area contributed by atoms with E-state index in [-0.39, 0.29) is 11.9 Å². The lowest BCUT2D eigenvalue weighted by Gasteiger charge is -2.18. The van der Waals surface area contributed by atoms with Crippen LogP contribution in [0.3, 0.4) is 0 Å². The van der Waals surface area contributed by atoms with Crippen molar-refractivity contribution in [1.82, 2.24) is 5.32 Å². The number of hydrogen-bond donors (Lipinski definition) is 2. The number of nitrogens with one attached hydrogen (secondary N) is 1. The van der Waals surface area contributed by atoms with Crippen molar-refractivity contribution in [2.45, 2.75) is 19.1 Å². The molecule has 0 aliphatic rings. The van der Waals surface area contributed by atoms with E-state index in [9.17, 15) is 4.79 Å². The lowest BCUT2D eigenvalue weighted by atomic mass is 10.1. The molecule has 4 heteroatoms. The largest absolute Gasteiger partial charge is 0.367 e. The molecule has 0 aliphatic heterocycles. The topological polar surface area (TPSA) is 64.3 Å². The summed E-state index contributed by atoms with van der Waals surface area (Å²) >= 11 is 0. The van der Waals surface area contributed by atoms with Gasteiger partial charge in [-0.25, -0.2) is 0 Å². The Balaban J connectivity index is 2.71. The van der Waals surface area contributed by atoms with Crippen LogP contribution in [-0.4, -0.2) is 25.6 Å². The van der Waals surface area contributed by atoms with Gasteiger partial charge in [-0.3, -0.25) is 4.79 Å². The van der Waals surface area contributed by atoms with Gasteiger partial charge in [0.15, 0.2) is 6.10 Å². The van der Waals surface area contributed by atoms with E-state index in [1.165, 1.54) is 7.11 Å². The van der Waals surface area contributed by atoms with Crippen LogP contribution >= 0.6 is 0 Å². The van der Waals surface area contributed by atoms with Crippen LogP contribution in [0.2, 0.25) is 0 Å². The van der Waals surface area contributed by atoms with Crippen molar-refractivity contribution in [3.8, 4) is 0 Å². The summed E-state index contributed by atoms with van der Waals surface area (Å²) in [7, 11) is 1.52. The van der Waals surface area contributed by atoms with Crippen molar-refractivity contribution >= 4 is 5.91 Å². The van der Waals surface area contributed by atoms with E-state index in [4.69, 9.17) is 10.5 Å². The molecule has 3 N–H and O–H groups in total. The first-order chi connectivity index (χ1) is 7.69. The van der Waals surface area contributed by atoms with Crippen LogP contribution in [0, 0.1) is 0 Å². The molecule has 0 aliphatic carbocycles. The van der Waals surface area contributed by atoms with E-state index >= 15 is 0 Å². The molecular weight excluding hydrogens is 204 g/mol. The molecule has 1 rings (SSSR count). The zero-order valence-corrected chi connectivity index (χ0v) is 9.64. The zero-order chi connectivity index (χ0) is 12.0. The molecule has 16 heavy (non-hydrogen) atoms. The highest BCUT2D eigenvalue weighted by Crippen LogP contribution is 2.16. The summed E-state index contributed by atoms with van der Waals surface area (Å²) in [5.74, 6) is -0.161. The molecule has 0 spiro atoms. The number of amides is 1. The molecule has 1 aromatic rings. The van der Waals surface area contributed by atoms with Crippen LogP contribution in [0.5, 0.6) is 0 Å². The normalized spacial score (nSPS) is 14.2. The summed E-state index contributed by atoms with van der Waals surface area (Å²) in [5, 5.41) is 2.79. The third kappa shape index (κ3) is 3.32. The quantitative estimate of drug-likeness (QED) is 0.776. The summed E-state index contributed by atoms with van der Waals surface area (Å²) in [4.78, 5) is 11.9. The van der Waals surface area contributed by atoms with Gasteiger partial charge >= 0.3 is 0 Å². The van der Waals surface area contributed by atoms with E-state index < -0.39 is 6.10 Å². The summed E-state index contributed by atoms with van der Waals surface area (Å²) < 4.78 is 5.19. The second kappa shape index (κ2) is 6.25. The molecule has 4 nitrogen and oxygen atoms in total. The second-order valence-electron chi connectivity index (χ2n) is 3.67. The van der Waals surface area contributed by atoms with Crippen molar-refractivity contribution in [1.29, 1.82) is 0 Å². The molecule has 88 valence electrons. The third-order valence-electron chi connectivity index (χ3n) is 2.32. The first kappa shape index (κ1) is 12.7. The smallest absolute Gasteiger partial charge is 0.254 e. The Bertz CT molecular complexity index is 327. The van der Waals surface area contributed by atoms with Gasteiger partial charge in [-0.1, -0.05) is 30.3 Å². The van der Waals surface area contributed by atoms with E-state index in [0.29, 0.717) is 6.54 Å². The molecule has 0 aromatic heterocycles. The molecule has 0 fully saturated rings. The molecule has 0 saturated carbocycles. The lowest BCUT2D eigenvalue weighted by Crippen LogP contribution is -2.40. The molecule has 1 unspecified atom stereocenters. The third-order valence-corrected chi connectivity index (χ3v) is 2.32. The van der Waals surface area contributed by atoms with Crippen molar-refractivity contribution in [2.24, 2.45) is 5.73 Å². The van der Waals surface area contributed by atoms with Gasteiger partial charge in [0, 0.05) is 19.7 Å². The Morgan fingerprint density at radius 3 is 2.56 bits per heavy atom. The monoisotopic (exact) mass is 222 g/mol. The lowest BCUT2D eigenvalue weighted by molar-refractivity contribution is -0.132. The van der Waals surface area contributed by atoms with Gasteiger partial charge in [-0.2, -0.15) is 0 Å². The molecule has 0 radical (unpaired) electrons. The average molecular weight is 222 g/mol. The molecule has 0 bridgehead atoms. The minimum atomic E-state index is -0.574. The molecule has 0 saturated heterocycles. The van der Waals surface area contributed by atoms with Gasteiger partial charge in [0.05, 0.1) is 0 Å². The fourth-order valence-electron chi connectivity index (χ4n) is 1.40. The number of hydrogen-bond acceptors (Lipinski definition) is 3. The van der Waals surface area contributed by atoms with E-state index in [2.05, 4.69) is 5.32 Å². The van der Waals surface area contributed by atoms with Crippen LogP contribution in [0.15, 0.2) is 30.3 Å². The van der Waals surface area contributed by atoms with Crippen LogP contribution in [-0.2, 0) is 9.53 Å². The SMILES string of the molecule is COC(C(=O)N[C@@H](C)CN)c1ccccc1. The van der Waals surface area contributed by atoms with Gasteiger partial charge in [0.2, 0.25) is 0 Å². The fourth-order valence-corrected chi connectivity index (χ4v) is 1.40. The van der Waals surface area contributed by atoms with Crippen molar-refractivity contribution < 1.29 is 9.53 Å². The van der Waals surface area contributed by atoms with Gasteiger partial charge in [-0.15, -0.1) is 0 Å². The van der Waals surface area contributed by atoms with Crippen molar-refractivity contribution in [2.75, 3.05) is 13.7 Å². The second-order valence-corrected chi connectivity index (χ2v) is 3.67. The summed E-state index contributed by atoms with van der Waals surface area (Å²) in [6.45, 7) is 2.27. The number of ether oxygens (including phenoxy) is 1. The Labute approximate surface area is 95.8 Å². The van der Waals surface area contributed by atoms with Gasteiger partial charge in [-0.05, 0) is 12.5 Å². The molecular formula is C12H18N2O2. The van der Waals surface area contributed by atoms with E-state index in [1.807, 2.05) is 37.3 Å². The molecule has 0 heterocycles. The Morgan fingerprint density at radius 2 is 2.06 bits per heavy atom. The Hall–Kier alpha value is -1.39. The molecule has 1 aromatic carbocycles. The van der Waals surface area contributed by atoms with Gasteiger partial charge in [0.1, 0.15) is 0 Å². The number of methoxy groups -OCH3 is 1. The first-order valence-electron chi connectivity index (χ1n) is 5.27. The van der Waals surface area contributed by atoms with Crippen LogP contribution in [0.4, 0.5) is 0 Å². The number of benzene rings is 1. The Kier molecular flexibility index (Phi) is 4.95. The predicted molar refractivity (Wildman–Crippen MR) is 62.9 cm³/mol. The highest BCUT2D eigenvalue weighted by atomic mass is 16.5. The number of nitrogens with two attached hydrogens (primary N) is 1. The molecule has 2 atom stereocenters. The maximum Gasteiger partial charge on any atom is 0.254 e. The zero-order valence-electron chi connectivity index (χ0n) is 9.64. The first-order valence-corrected chi connectivity index (χ1v) is 5.27. The van der Waals surface area contributed by atoms with Gasteiger partial charge < -0.3 is 15.8 Å². The Morgan fingerprint density at radius 1 is 1.44 bits per heavy atom. The van der Waals surface area contributed by atoms with Crippen LogP contribution < -0.4 is 11.1 Å². The number of rotatable bonds is 5. The highest BCUT2D eigenvalue weighted by Gasteiger charge is 2.20. The van der Waals surface area contributed by atoms with E-state index in [0.717, 1.165) is 5.56 Å². The summed E-state index contributed by atoms with van der Waals surface area (Å²) in [5.41, 5.74) is 6.28. The maximum absolute atomic E-state index is 11.9. The minimum Gasteiger partial charge on any atom is -0.367 e.